The summed E-state index contributed by atoms with van der Waals surface area (Å²) < 4.78 is 0. The molecule has 2 N–H and O–H groups in total. The number of nitrogens with one attached hydrogen (secondary N) is 2. The van der Waals surface area contributed by atoms with E-state index in [1.165, 1.54) is 22.2 Å². The molecule has 1 aliphatic rings. The summed E-state index contributed by atoms with van der Waals surface area (Å²) >= 11 is 0. The van der Waals surface area contributed by atoms with Crippen LogP contribution in [0.1, 0.15) is 28.7 Å². The number of H-pyrrole nitrogens is 1. The van der Waals surface area contributed by atoms with Crippen molar-refractivity contribution in [3.8, 4) is 0 Å². The third-order valence-electron chi connectivity index (χ3n) is 4.06. The van der Waals surface area contributed by atoms with Gasteiger partial charge in [-0.3, -0.25) is 4.98 Å². The molecule has 4 rings (SSSR count). The highest BCUT2D eigenvalue weighted by molar-refractivity contribution is 5.85. The quantitative estimate of drug-likeness (QED) is 0.708. The van der Waals surface area contributed by atoms with E-state index in [2.05, 4.69) is 51.7 Å². The van der Waals surface area contributed by atoms with Crippen molar-refractivity contribution in [2.45, 2.75) is 19.4 Å². The maximum absolute atomic E-state index is 4.68. The van der Waals surface area contributed by atoms with E-state index in [4.69, 9.17) is 0 Å². The van der Waals surface area contributed by atoms with Gasteiger partial charge in [-0.1, -0.05) is 24.3 Å². The van der Waals surface area contributed by atoms with E-state index in [0.717, 1.165) is 24.4 Å². The number of aromatic nitrogens is 2. The lowest BCUT2D eigenvalue weighted by Crippen LogP contribution is -2.31. The van der Waals surface area contributed by atoms with Crippen LogP contribution in [0.25, 0.3) is 10.9 Å². The van der Waals surface area contributed by atoms with Gasteiger partial charge in [0.25, 0.3) is 0 Å². The summed E-state index contributed by atoms with van der Waals surface area (Å²) in [7, 11) is 0. The van der Waals surface area contributed by atoms with Gasteiger partial charge < -0.3 is 10.3 Å². The van der Waals surface area contributed by atoms with Crippen molar-refractivity contribution in [1.82, 2.24) is 15.3 Å². The molecule has 0 aliphatic carbocycles. The standard InChI is InChI=1S/C17H17N3/c1-11-5-4-8-15(19-11)17-16-13(9-10-18-17)12-6-2-3-7-14(12)20-16/h2-8,17-18,20H,9-10H2,1H3. The molecule has 1 atom stereocenters. The SMILES string of the molecule is Cc1cccc(C2NCCc3c2[nH]c2ccccc32)n1. The predicted octanol–water partition coefficient (Wildman–Crippen LogP) is 3.11. The topological polar surface area (TPSA) is 40.7 Å². The molecule has 3 aromatic rings. The highest BCUT2D eigenvalue weighted by Crippen LogP contribution is 2.32. The van der Waals surface area contributed by atoms with Crippen molar-refractivity contribution in [2.75, 3.05) is 6.54 Å². The molecule has 3 heteroatoms. The van der Waals surface area contributed by atoms with Gasteiger partial charge in [0.05, 0.1) is 11.7 Å². The van der Waals surface area contributed by atoms with E-state index in [1.807, 2.05) is 13.0 Å². The van der Waals surface area contributed by atoms with Crippen LogP contribution in [0.4, 0.5) is 0 Å². The van der Waals surface area contributed by atoms with Gasteiger partial charge in [0.1, 0.15) is 0 Å². The van der Waals surface area contributed by atoms with Gasteiger partial charge in [-0.2, -0.15) is 0 Å². The van der Waals surface area contributed by atoms with E-state index in [-0.39, 0.29) is 6.04 Å². The molecule has 3 heterocycles. The van der Waals surface area contributed by atoms with Crippen molar-refractivity contribution in [3.05, 3.63) is 65.1 Å². The molecular weight excluding hydrogens is 246 g/mol. The Kier molecular flexibility index (Phi) is 2.60. The summed E-state index contributed by atoms with van der Waals surface area (Å²) in [4.78, 5) is 8.26. The number of aryl methyl sites for hydroxylation is 1. The smallest absolute Gasteiger partial charge is 0.0906 e. The van der Waals surface area contributed by atoms with Gasteiger partial charge in [0.2, 0.25) is 0 Å². The van der Waals surface area contributed by atoms with E-state index >= 15 is 0 Å². The van der Waals surface area contributed by atoms with Crippen LogP contribution in [-0.4, -0.2) is 16.5 Å². The maximum Gasteiger partial charge on any atom is 0.0906 e. The number of fused-ring (bicyclic) bond motifs is 3. The summed E-state index contributed by atoms with van der Waals surface area (Å²) in [6.45, 7) is 3.04. The Bertz CT molecular complexity index is 773. The largest absolute Gasteiger partial charge is 0.357 e. The monoisotopic (exact) mass is 263 g/mol. The molecule has 0 spiro atoms. The van der Waals surface area contributed by atoms with Crippen molar-refractivity contribution in [2.24, 2.45) is 0 Å². The maximum atomic E-state index is 4.68. The fourth-order valence-corrected chi connectivity index (χ4v) is 3.16. The summed E-state index contributed by atoms with van der Waals surface area (Å²) in [5, 5.41) is 4.93. The normalized spacial score (nSPS) is 18.1. The Morgan fingerprint density at radius 2 is 2.00 bits per heavy atom. The molecule has 0 amide bonds. The fourth-order valence-electron chi connectivity index (χ4n) is 3.16. The third-order valence-corrected chi connectivity index (χ3v) is 4.06. The summed E-state index contributed by atoms with van der Waals surface area (Å²) in [6.07, 6.45) is 1.07. The first-order chi connectivity index (χ1) is 9.83. The summed E-state index contributed by atoms with van der Waals surface area (Å²) in [6, 6.07) is 14.9. The van der Waals surface area contributed by atoms with Crippen LogP contribution in [0.5, 0.6) is 0 Å². The molecule has 2 aromatic heterocycles. The number of para-hydroxylation sites is 1. The molecule has 0 radical (unpaired) electrons. The van der Waals surface area contributed by atoms with E-state index in [9.17, 15) is 0 Å². The van der Waals surface area contributed by atoms with E-state index in [1.54, 1.807) is 0 Å². The van der Waals surface area contributed by atoms with Crippen LogP contribution in [0.2, 0.25) is 0 Å². The van der Waals surface area contributed by atoms with Crippen LogP contribution < -0.4 is 5.32 Å². The highest BCUT2D eigenvalue weighted by Gasteiger charge is 2.25. The first kappa shape index (κ1) is 11.7. The minimum atomic E-state index is 0.172. The predicted molar refractivity (Wildman–Crippen MR) is 80.8 cm³/mol. The average molecular weight is 263 g/mol. The lowest BCUT2D eigenvalue weighted by molar-refractivity contribution is 0.548. The van der Waals surface area contributed by atoms with Gasteiger partial charge in [0, 0.05) is 28.8 Å². The molecular formula is C17H17N3. The molecule has 20 heavy (non-hydrogen) atoms. The summed E-state index contributed by atoms with van der Waals surface area (Å²) in [5.74, 6) is 0. The Balaban J connectivity index is 1.90. The average Bonchev–Trinajstić information content (AvgIpc) is 2.86. The number of aromatic amines is 1. The van der Waals surface area contributed by atoms with Crippen LogP contribution in [0.15, 0.2) is 42.5 Å². The molecule has 1 aromatic carbocycles. The van der Waals surface area contributed by atoms with Crippen molar-refractivity contribution < 1.29 is 0 Å². The molecule has 100 valence electrons. The number of nitrogens with zero attached hydrogens (tertiary/aromatic N) is 1. The van der Waals surface area contributed by atoms with Crippen molar-refractivity contribution in [3.63, 3.8) is 0 Å². The molecule has 3 nitrogen and oxygen atoms in total. The first-order valence-corrected chi connectivity index (χ1v) is 7.09. The second-order valence-corrected chi connectivity index (χ2v) is 5.40. The first-order valence-electron chi connectivity index (χ1n) is 7.09. The number of benzene rings is 1. The van der Waals surface area contributed by atoms with E-state index in [0.29, 0.717) is 0 Å². The zero-order valence-electron chi connectivity index (χ0n) is 11.5. The van der Waals surface area contributed by atoms with Crippen LogP contribution in [0, 0.1) is 6.92 Å². The minimum Gasteiger partial charge on any atom is -0.357 e. The number of rotatable bonds is 1. The Morgan fingerprint density at radius 3 is 2.90 bits per heavy atom. The summed E-state index contributed by atoms with van der Waals surface area (Å²) in [5.41, 5.74) is 6.09. The molecule has 0 fully saturated rings. The number of hydrogen-bond acceptors (Lipinski definition) is 2. The Hall–Kier alpha value is -2.13. The van der Waals surface area contributed by atoms with Crippen molar-refractivity contribution in [1.29, 1.82) is 0 Å². The zero-order valence-corrected chi connectivity index (χ0v) is 11.5. The van der Waals surface area contributed by atoms with Gasteiger partial charge in [0.15, 0.2) is 0 Å². The molecule has 1 aliphatic heterocycles. The van der Waals surface area contributed by atoms with Crippen LogP contribution in [-0.2, 0) is 6.42 Å². The zero-order chi connectivity index (χ0) is 13.5. The number of hydrogen-bond donors (Lipinski definition) is 2. The van der Waals surface area contributed by atoms with Gasteiger partial charge in [-0.15, -0.1) is 0 Å². The van der Waals surface area contributed by atoms with Crippen molar-refractivity contribution >= 4 is 10.9 Å². The van der Waals surface area contributed by atoms with Crippen LogP contribution in [0.3, 0.4) is 0 Å². The lowest BCUT2D eigenvalue weighted by atomic mass is 9.97. The van der Waals surface area contributed by atoms with Crippen LogP contribution >= 0.6 is 0 Å². The highest BCUT2D eigenvalue weighted by atomic mass is 15.0. The molecule has 0 saturated carbocycles. The fraction of sp³-hybridized carbons (Fsp3) is 0.235. The Labute approximate surface area is 118 Å². The number of pyridine rings is 1. The second-order valence-electron chi connectivity index (χ2n) is 5.40. The lowest BCUT2D eigenvalue weighted by Gasteiger charge is -2.24. The van der Waals surface area contributed by atoms with Gasteiger partial charge in [-0.05, 0) is 37.1 Å². The molecule has 1 unspecified atom stereocenters. The Morgan fingerprint density at radius 1 is 1.10 bits per heavy atom. The van der Waals surface area contributed by atoms with Gasteiger partial charge in [-0.25, -0.2) is 0 Å². The molecule has 0 saturated heterocycles. The third kappa shape index (κ3) is 1.74. The minimum absolute atomic E-state index is 0.172. The second kappa shape index (κ2) is 4.46. The molecule has 0 bridgehead atoms. The van der Waals surface area contributed by atoms with Gasteiger partial charge >= 0.3 is 0 Å². The van der Waals surface area contributed by atoms with E-state index < -0.39 is 0 Å².